The molecule has 0 radical (unpaired) electrons. The molecule has 6 heteroatoms. The fourth-order valence-electron chi connectivity index (χ4n) is 9.17. The number of aliphatic hydroxyl groups is 1. The molecule has 0 bridgehead atoms. The average Bonchev–Trinajstić information content (AvgIpc) is 3.23. The molecule has 0 unspecified atom stereocenters. The average molecular weight is 575 g/mol. The van der Waals surface area contributed by atoms with E-state index in [-0.39, 0.29) is 17.3 Å². The number of allylic oxidation sites excluding steroid dienone is 1. The molecule has 0 amide bonds. The molecule has 0 aliphatic heterocycles. The predicted octanol–water partition coefficient (Wildman–Crippen LogP) is 8.28. The minimum atomic E-state index is -0.730. The maximum Gasteiger partial charge on any atom is 0.303 e. The zero-order valence-electron chi connectivity index (χ0n) is 25.2. The maximum atomic E-state index is 12.9. The first-order valence-electron chi connectivity index (χ1n) is 16.5. The van der Waals surface area contributed by atoms with Gasteiger partial charge in [-0.3, -0.25) is 14.4 Å². The largest absolute Gasteiger partial charge is 0.481 e. The Hall–Kier alpha value is -1.14. The van der Waals surface area contributed by atoms with Crippen molar-refractivity contribution < 1.29 is 24.6 Å². The van der Waals surface area contributed by atoms with Gasteiger partial charge in [0.1, 0.15) is 5.78 Å². The summed E-state index contributed by atoms with van der Waals surface area (Å²) in [6, 6.07) is 0. The number of carboxylic acid groups (broad SMARTS) is 1. The van der Waals surface area contributed by atoms with Crippen molar-refractivity contribution in [1.82, 2.24) is 0 Å². The highest BCUT2D eigenvalue weighted by Crippen LogP contribution is 2.66. The standard InChI is InChI=1S/C34H54O5S/c1-3-4-5-9-12-31(38)40-23-22-34-21-20-33(39,18-10-7-6-8-11-30(36)37)24-25(34)13-14-26-27-15-16-29(35)32(27,2)19-17-28(26)34/h13,26-28,39H,3-12,14-24H2,1-2H3,(H,36,37)/t26-,27-,28-,32-,33-,34+/m0/s1. The molecule has 40 heavy (non-hydrogen) atoms. The van der Waals surface area contributed by atoms with Crippen LogP contribution in [0.1, 0.15) is 142 Å². The van der Waals surface area contributed by atoms with Crippen LogP contribution in [0.2, 0.25) is 0 Å². The zero-order chi connectivity index (χ0) is 28.8. The Morgan fingerprint density at radius 1 is 0.950 bits per heavy atom. The highest BCUT2D eigenvalue weighted by molar-refractivity contribution is 8.13. The fourth-order valence-corrected chi connectivity index (χ4v) is 10.2. The van der Waals surface area contributed by atoms with Gasteiger partial charge in [0.05, 0.1) is 5.60 Å². The van der Waals surface area contributed by atoms with Crippen LogP contribution in [0.5, 0.6) is 0 Å². The van der Waals surface area contributed by atoms with Crippen molar-refractivity contribution in [1.29, 1.82) is 0 Å². The number of rotatable bonds is 15. The Morgan fingerprint density at radius 3 is 2.48 bits per heavy atom. The lowest BCUT2D eigenvalue weighted by Gasteiger charge is -2.59. The summed E-state index contributed by atoms with van der Waals surface area (Å²) in [5.74, 6) is 2.18. The summed E-state index contributed by atoms with van der Waals surface area (Å²) in [5, 5.41) is 20.9. The third kappa shape index (κ3) is 7.07. The summed E-state index contributed by atoms with van der Waals surface area (Å²) in [6.07, 6.45) is 20.6. The van der Waals surface area contributed by atoms with Crippen LogP contribution in [0.3, 0.4) is 0 Å². The van der Waals surface area contributed by atoms with E-state index in [1.165, 1.54) is 30.2 Å². The van der Waals surface area contributed by atoms with E-state index >= 15 is 0 Å². The smallest absolute Gasteiger partial charge is 0.303 e. The van der Waals surface area contributed by atoms with Crippen molar-refractivity contribution in [2.75, 3.05) is 5.75 Å². The highest BCUT2D eigenvalue weighted by atomic mass is 32.2. The lowest BCUT2D eigenvalue weighted by atomic mass is 9.46. The second kappa shape index (κ2) is 13.9. The van der Waals surface area contributed by atoms with Gasteiger partial charge in [-0.15, -0.1) is 0 Å². The lowest BCUT2D eigenvalue weighted by Crippen LogP contribution is -2.53. The van der Waals surface area contributed by atoms with Crippen molar-refractivity contribution in [3.8, 4) is 0 Å². The molecule has 4 aliphatic rings. The monoisotopic (exact) mass is 574 g/mol. The van der Waals surface area contributed by atoms with Crippen LogP contribution in [-0.4, -0.2) is 38.4 Å². The van der Waals surface area contributed by atoms with Crippen molar-refractivity contribution in [3.05, 3.63) is 11.6 Å². The van der Waals surface area contributed by atoms with E-state index in [2.05, 4.69) is 19.9 Å². The topological polar surface area (TPSA) is 91.7 Å². The molecule has 0 heterocycles. The van der Waals surface area contributed by atoms with Gasteiger partial charge in [0, 0.05) is 30.4 Å². The van der Waals surface area contributed by atoms with Crippen LogP contribution in [0.4, 0.5) is 0 Å². The summed E-state index contributed by atoms with van der Waals surface area (Å²) in [5.41, 5.74) is 0.674. The first kappa shape index (κ1) is 31.8. The first-order chi connectivity index (χ1) is 19.1. The fraction of sp³-hybridized carbons (Fsp3) is 0.853. The lowest BCUT2D eigenvalue weighted by molar-refractivity contribution is -0.137. The molecular formula is C34H54O5S. The molecule has 0 aromatic carbocycles. The van der Waals surface area contributed by atoms with Crippen molar-refractivity contribution in [2.24, 2.45) is 28.6 Å². The van der Waals surface area contributed by atoms with E-state index in [1.54, 1.807) is 0 Å². The number of Topliss-reactive ketones (excluding diaryl/α,β-unsaturated/α-hetero) is 1. The summed E-state index contributed by atoms with van der Waals surface area (Å²) in [6.45, 7) is 4.43. The van der Waals surface area contributed by atoms with Crippen LogP contribution < -0.4 is 0 Å². The molecule has 3 saturated carbocycles. The van der Waals surface area contributed by atoms with E-state index in [1.807, 2.05) is 0 Å². The molecule has 4 aliphatic carbocycles. The maximum absolute atomic E-state index is 12.9. The Bertz CT molecular complexity index is 945. The van der Waals surface area contributed by atoms with Gasteiger partial charge in [-0.1, -0.05) is 75.8 Å². The summed E-state index contributed by atoms with van der Waals surface area (Å²) in [4.78, 5) is 36.4. The molecule has 0 aromatic rings. The summed E-state index contributed by atoms with van der Waals surface area (Å²) < 4.78 is 0. The molecule has 6 atom stereocenters. The number of carboxylic acids is 1. The second-order valence-corrected chi connectivity index (χ2v) is 15.1. The molecule has 0 saturated heterocycles. The molecule has 226 valence electrons. The molecular weight excluding hydrogens is 520 g/mol. The van der Waals surface area contributed by atoms with E-state index in [9.17, 15) is 19.5 Å². The van der Waals surface area contributed by atoms with Gasteiger partial charge in [-0.05, 0) is 93.8 Å². The van der Waals surface area contributed by atoms with Gasteiger partial charge < -0.3 is 10.2 Å². The van der Waals surface area contributed by atoms with Gasteiger partial charge in [-0.2, -0.15) is 0 Å². The Kier molecular flexibility index (Phi) is 11.0. The summed E-state index contributed by atoms with van der Waals surface area (Å²) >= 11 is 1.54. The number of unbranched alkanes of at least 4 members (excludes halogenated alkanes) is 6. The van der Waals surface area contributed by atoms with E-state index < -0.39 is 11.6 Å². The van der Waals surface area contributed by atoms with Crippen LogP contribution in [-0.2, 0) is 14.4 Å². The number of carbonyl (C=O) groups excluding carboxylic acids is 2. The molecule has 4 rings (SSSR count). The van der Waals surface area contributed by atoms with Crippen LogP contribution >= 0.6 is 11.8 Å². The SMILES string of the molecule is CCCCCCC(=O)SCC[C@]12CC[C@@](O)(CCCCCCC(=O)O)CC1=CC[C@@H]1[C@@H]2CC[C@]2(C)C(=O)CC[C@@H]12. The minimum absolute atomic E-state index is 0.0547. The van der Waals surface area contributed by atoms with Gasteiger partial charge in [0.2, 0.25) is 0 Å². The number of thioether (sulfide) groups is 1. The normalized spacial score (nSPS) is 35.0. The molecule has 0 spiro atoms. The van der Waals surface area contributed by atoms with E-state index in [0.717, 1.165) is 102 Å². The van der Waals surface area contributed by atoms with Crippen LogP contribution in [0.15, 0.2) is 11.6 Å². The number of aliphatic carboxylic acids is 1. The van der Waals surface area contributed by atoms with Crippen molar-refractivity contribution in [3.63, 3.8) is 0 Å². The minimum Gasteiger partial charge on any atom is -0.481 e. The van der Waals surface area contributed by atoms with Gasteiger partial charge >= 0.3 is 5.97 Å². The molecule has 3 fully saturated rings. The second-order valence-electron chi connectivity index (χ2n) is 13.9. The molecule has 0 aromatic heterocycles. The Labute approximate surface area is 246 Å². The zero-order valence-corrected chi connectivity index (χ0v) is 26.0. The van der Waals surface area contributed by atoms with Crippen LogP contribution in [0, 0.1) is 28.6 Å². The van der Waals surface area contributed by atoms with E-state index in [0.29, 0.717) is 41.5 Å². The molecule has 5 nitrogen and oxygen atoms in total. The number of hydrogen-bond acceptors (Lipinski definition) is 5. The van der Waals surface area contributed by atoms with Gasteiger partial charge in [-0.25, -0.2) is 0 Å². The number of hydrogen-bond donors (Lipinski definition) is 2. The van der Waals surface area contributed by atoms with Crippen molar-refractivity contribution in [2.45, 2.75) is 148 Å². The van der Waals surface area contributed by atoms with E-state index in [4.69, 9.17) is 5.11 Å². The number of carbonyl (C=O) groups is 3. The predicted molar refractivity (Wildman–Crippen MR) is 162 cm³/mol. The van der Waals surface area contributed by atoms with Gasteiger partial charge in [0.15, 0.2) is 5.12 Å². The molecule has 2 N–H and O–H groups in total. The quantitative estimate of drug-likeness (QED) is 0.151. The first-order valence-corrected chi connectivity index (χ1v) is 17.4. The number of ketones is 1. The van der Waals surface area contributed by atoms with Crippen molar-refractivity contribution >= 4 is 28.6 Å². The Balaban J connectivity index is 1.43. The third-order valence-electron chi connectivity index (χ3n) is 11.5. The number of fused-ring (bicyclic) bond motifs is 5. The summed E-state index contributed by atoms with van der Waals surface area (Å²) in [7, 11) is 0. The third-order valence-corrected chi connectivity index (χ3v) is 12.5. The Morgan fingerprint density at radius 2 is 1.70 bits per heavy atom. The van der Waals surface area contributed by atoms with Crippen LogP contribution in [0.25, 0.3) is 0 Å². The highest BCUT2D eigenvalue weighted by Gasteiger charge is 2.60. The van der Waals surface area contributed by atoms with Gasteiger partial charge in [0.25, 0.3) is 0 Å².